The third-order valence-electron chi connectivity index (χ3n) is 4.31. The molecule has 3 rings (SSSR count). The van der Waals surface area contributed by atoms with E-state index < -0.39 is 0 Å². The molecule has 0 amide bonds. The summed E-state index contributed by atoms with van der Waals surface area (Å²) in [5.41, 5.74) is 10.1. The fraction of sp³-hybridized carbons (Fsp3) is 0.294. The molecular weight excluding hydrogens is 234 g/mol. The summed E-state index contributed by atoms with van der Waals surface area (Å²) < 4.78 is 0. The van der Waals surface area contributed by atoms with Gasteiger partial charge in [-0.2, -0.15) is 0 Å². The summed E-state index contributed by atoms with van der Waals surface area (Å²) in [5.74, 6) is 0.330. The van der Waals surface area contributed by atoms with Crippen LogP contribution in [0.15, 0.2) is 48.5 Å². The largest absolute Gasteiger partial charge is 0.508 e. The summed E-state index contributed by atoms with van der Waals surface area (Å²) in [5, 5.41) is 9.61. The molecule has 19 heavy (non-hydrogen) atoms. The molecule has 1 unspecified atom stereocenters. The van der Waals surface area contributed by atoms with Gasteiger partial charge in [0.25, 0.3) is 0 Å². The van der Waals surface area contributed by atoms with Crippen LogP contribution in [0.25, 0.3) is 0 Å². The number of fused-ring (bicyclic) bond motifs is 1. The van der Waals surface area contributed by atoms with E-state index in [0.29, 0.717) is 12.3 Å². The summed E-state index contributed by atoms with van der Waals surface area (Å²) in [6, 6.07) is 16.1. The lowest BCUT2D eigenvalue weighted by Crippen LogP contribution is -2.35. The number of phenolic OH excluding ortho intramolecular Hbond substituents is 1. The quantitative estimate of drug-likeness (QED) is 0.883. The highest BCUT2D eigenvalue weighted by Gasteiger charge is 2.37. The van der Waals surface area contributed by atoms with Crippen LogP contribution in [0.2, 0.25) is 0 Å². The van der Waals surface area contributed by atoms with E-state index in [1.165, 1.54) is 11.1 Å². The maximum atomic E-state index is 9.61. The monoisotopic (exact) mass is 253 g/mol. The van der Waals surface area contributed by atoms with E-state index in [2.05, 4.69) is 30.3 Å². The molecule has 1 aliphatic carbocycles. The summed E-state index contributed by atoms with van der Waals surface area (Å²) in [4.78, 5) is 0. The van der Waals surface area contributed by atoms with Crippen molar-refractivity contribution in [2.75, 3.05) is 6.54 Å². The maximum Gasteiger partial charge on any atom is 0.115 e. The zero-order valence-corrected chi connectivity index (χ0v) is 11.0. The Hall–Kier alpha value is -1.80. The summed E-state index contributed by atoms with van der Waals surface area (Å²) >= 11 is 0. The van der Waals surface area contributed by atoms with E-state index in [1.54, 1.807) is 6.07 Å². The van der Waals surface area contributed by atoms with Crippen molar-refractivity contribution in [1.29, 1.82) is 0 Å². The van der Waals surface area contributed by atoms with Gasteiger partial charge >= 0.3 is 0 Å². The minimum Gasteiger partial charge on any atom is -0.508 e. The van der Waals surface area contributed by atoms with Gasteiger partial charge in [-0.25, -0.2) is 0 Å². The van der Waals surface area contributed by atoms with Crippen molar-refractivity contribution in [2.24, 2.45) is 5.73 Å². The molecule has 1 aliphatic rings. The van der Waals surface area contributed by atoms with Crippen molar-refractivity contribution in [3.8, 4) is 5.75 Å². The number of hydrogen-bond donors (Lipinski definition) is 2. The number of nitrogens with two attached hydrogens (primary N) is 1. The van der Waals surface area contributed by atoms with Gasteiger partial charge in [-0.1, -0.05) is 36.4 Å². The number of hydrogen-bond acceptors (Lipinski definition) is 2. The van der Waals surface area contributed by atoms with E-state index in [1.807, 2.05) is 12.1 Å². The van der Waals surface area contributed by atoms with Gasteiger partial charge in [-0.15, -0.1) is 0 Å². The van der Waals surface area contributed by atoms with Crippen LogP contribution in [0, 0.1) is 0 Å². The molecule has 2 heteroatoms. The predicted octanol–water partition coefficient (Wildman–Crippen LogP) is 2.78. The third kappa shape index (κ3) is 2.13. The molecule has 0 aliphatic heterocycles. The molecule has 0 aromatic heterocycles. The number of phenols is 1. The van der Waals surface area contributed by atoms with Crippen LogP contribution in [0.5, 0.6) is 5.75 Å². The van der Waals surface area contributed by atoms with Gasteiger partial charge in [0.15, 0.2) is 0 Å². The van der Waals surface area contributed by atoms with Gasteiger partial charge in [0, 0.05) is 12.0 Å². The van der Waals surface area contributed by atoms with Gasteiger partial charge < -0.3 is 10.8 Å². The van der Waals surface area contributed by atoms with Crippen LogP contribution in [0.4, 0.5) is 0 Å². The molecule has 98 valence electrons. The van der Waals surface area contributed by atoms with Crippen LogP contribution in [0.3, 0.4) is 0 Å². The highest BCUT2D eigenvalue weighted by Crippen LogP contribution is 2.40. The number of aromatic hydroxyl groups is 1. The first-order chi connectivity index (χ1) is 9.23. The van der Waals surface area contributed by atoms with Crippen LogP contribution in [-0.4, -0.2) is 11.7 Å². The lowest BCUT2D eigenvalue weighted by Gasteiger charge is -2.29. The molecule has 1 atom stereocenters. The Morgan fingerprint density at radius 2 is 1.95 bits per heavy atom. The van der Waals surface area contributed by atoms with E-state index in [0.717, 1.165) is 24.8 Å². The van der Waals surface area contributed by atoms with Gasteiger partial charge in [-0.3, -0.25) is 0 Å². The van der Waals surface area contributed by atoms with Gasteiger partial charge in [0.2, 0.25) is 0 Å². The second kappa shape index (κ2) is 4.71. The smallest absolute Gasteiger partial charge is 0.115 e. The van der Waals surface area contributed by atoms with E-state index >= 15 is 0 Å². The molecule has 0 radical (unpaired) electrons. The molecule has 0 bridgehead atoms. The summed E-state index contributed by atoms with van der Waals surface area (Å²) in [7, 11) is 0. The van der Waals surface area contributed by atoms with Crippen LogP contribution in [-0.2, 0) is 18.3 Å². The van der Waals surface area contributed by atoms with E-state index in [4.69, 9.17) is 5.73 Å². The maximum absolute atomic E-state index is 9.61. The topological polar surface area (TPSA) is 46.2 Å². The summed E-state index contributed by atoms with van der Waals surface area (Å²) in [6.07, 6.45) is 3.10. The molecule has 2 aromatic carbocycles. The molecule has 2 nitrogen and oxygen atoms in total. The first-order valence-corrected chi connectivity index (χ1v) is 6.80. The molecule has 0 spiro atoms. The fourth-order valence-electron chi connectivity index (χ4n) is 3.29. The zero-order chi connectivity index (χ0) is 13.3. The van der Waals surface area contributed by atoms with Crippen molar-refractivity contribution < 1.29 is 5.11 Å². The van der Waals surface area contributed by atoms with Crippen LogP contribution < -0.4 is 5.73 Å². The minimum absolute atomic E-state index is 0.0321. The SMILES string of the molecule is NCC1(Cc2cccc(O)c2)CCc2ccccc21. The molecule has 3 N–H and O–H groups in total. The summed E-state index contributed by atoms with van der Waals surface area (Å²) in [6.45, 7) is 0.652. The zero-order valence-electron chi connectivity index (χ0n) is 11.0. The predicted molar refractivity (Wildman–Crippen MR) is 77.3 cm³/mol. The second-order valence-corrected chi connectivity index (χ2v) is 5.49. The molecule has 0 saturated heterocycles. The fourth-order valence-corrected chi connectivity index (χ4v) is 3.29. The minimum atomic E-state index is 0.0321. The first kappa shape index (κ1) is 12.2. The normalized spacial score (nSPS) is 21.3. The number of benzene rings is 2. The van der Waals surface area contributed by atoms with Crippen LogP contribution >= 0.6 is 0 Å². The lowest BCUT2D eigenvalue weighted by molar-refractivity contribution is 0.429. The molecule has 2 aromatic rings. The van der Waals surface area contributed by atoms with Crippen molar-refractivity contribution in [2.45, 2.75) is 24.7 Å². The van der Waals surface area contributed by atoms with Crippen molar-refractivity contribution in [3.63, 3.8) is 0 Å². The number of rotatable bonds is 3. The Labute approximate surface area is 113 Å². The molecule has 0 fully saturated rings. The Morgan fingerprint density at radius 3 is 2.74 bits per heavy atom. The highest BCUT2D eigenvalue weighted by molar-refractivity contribution is 5.42. The van der Waals surface area contributed by atoms with E-state index in [9.17, 15) is 5.11 Å². The average Bonchev–Trinajstić information content (AvgIpc) is 2.79. The van der Waals surface area contributed by atoms with Crippen molar-refractivity contribution in [1.82, 2.24) is 0 Å². The highest BCUT2D eigenvalue weighted by atomic mass is 16.3. The molecule has 0 saturated carbocycles. The average molecular weight is 253 g/mol. The number of aryl methyl sites for hydroxylation is 1. The van der Waals surface area contributed by atoms with Gasteiger partial charge in [0.05, 0.1) is 0 Å². The molecular formula is C17H19NO. The molecule has 0 heterocycles. The standard InChI is InChI=1S/C17H19NO/c18-12-17(11-13-4-3-6-15(19)10-13)9-8-14-5-1-2-7-16(14)17/h1-7,10,19H,8-9,11-12,18H2. The Balaban J connectivity index is 1.98. The Morgan fingerprint density at radius 1 is 1.11 bits per heavy atom. The Bertz CT molecular complexity index is 593. The van der Waals surface area contributed by atoms with Crippen LogP contribution in [0.1, 0.15) is 23.1 Å². The third-order valence-corrected chi connectivity index (χ3v) is 4.31. The Kier molecular flexibility index (Phi) is 3.03. The van der Waals surface area contributed by atoms with Gasteiger partial charge in [0.1, 0.15) is 5.75 Å². The first-order valence-electron chi connectivity index (χ1n) is 6.80. The van der Waals surface area contributed by atoms with E-state index in [-0.39, 0.29) is 5.41 Å². The lowest BCUT2D eigenvalue weighted by atomic mass is 9.76. The van der Waals surface area contributed by atoms with Crippen molar-refractivity contribution >= 4 is 0 Å². The second-order valence-electron chi connectivity index (χ2n) is 5.49. The van der Waals surface area contributed by atoms with Crippen molar-refractivity contribution in [3.05, 3.63) is 65.2 Å². The van der Waals surface area contributed by atoms with Gasteiger partial charge in [-0.05, 0) is 48.1 Å².